The normalized spacial score (nSPS) is 18.4. The number of hydrogen-bond acceptors (Lipinski definition) is 11. The fourth-order valence-electron chi connectivity index (χ4n) is 6.80. The standard InChI is InChI=1S/C35H41N7O7S/c43-29-11-10-27(31(45)41-29)42-21-25-24(32(42)46)7-5-8-26(25)39-30(44)22-49-18-17-48-16-14-36-33(47)35(12-2-1-3-13-35)20-23-6-4-9-28(38-23)40-34-37-15-19-50-34/h4-9,15,19,27H,1-3,10-14,16-18,20-22H2,(H,36,47)(H,39,44)(H,37,38,40)(H,41,43,45). The molecule has 1 saturated carbocycles. The van der Waals surface area contributed by atoms with Gasteiger partial charge in [-0.1, -0.05) is 31.4 Å². The van der Waals surface area contributed by atoms with Gasteiger partial charge in [-0.25, -0.2) is 9.97 Å². The van der Waals surface area contributed by atoms with Crippen LogP contribution in [0.3, 0.4) is 0 Å². The molecular formula is C35H41N7O7S. The van der Waals surface area contributed by atoms with E-state index in [-0.39, 0.29) is 56.9 Å². The molecule has 50 heavy (non-hydrogen) atoms. The molecule has 6 rings (SSSR count). The van der Waals surface area contributed by atoms with Crippen LogP contribution >= 0.6 is 11.3 Å². The lowest BCUT2D eigenvalue weighted by Gasteiger charge is -2.35. The molecule has 264 valence electrons. The second-order valence-electron chi connectivity index (χ2n) is 12.7. The summed E-state index contributed by atoms with van der Waals surface area (Å²) in [7, 11) is 0. The number of imide groups is 1. The van der Waals surface area contributed by atoms with E-state index in [0.717, 1.165) is 42.9 Å². The lowest BCUT2D eigenvalue weighted by atomic mass is 9.70. The number of anilines is 3. The number of ether oxygens (including phenoxy) is 2. The van der Waals surface area contributed by atoms with Crippen molar-refractivity contribution in [1.82, 2.24) is 25.5 Å². The van der Waals surface area contributed by atoms with E-state index in [2.05, 4.69) is 26.3 Å². The highest BCUT2D eigenvalue weighted by atomic mass is 32.1. The number of rotatable bonds is 15. The molecule has 4 N–H and O–H groups in total. The number of fused-ring (bicyclic) bond motifs is 1. The molecule has 5 amide bonds. The molecule has 4 heterocycles. The van der Waals surface area contributed by atoms with Crippen LogP contribution in [0.1, 0.15) is 66.6 Å². The monoisotopic (exact) mass is 703 g/mol. The highest BCUT2D eigenvalue weighted by Crippen LogP contribution is 2.39. The van der Waals surface area contributed by atoms with E-state index in [9.17, 15) is 24.0 Å². The first kappa shape index (κ1) is 35.1. The molecule has 0 spiro atoms. The Morgan fingerprint density at radius 3 is 2.64 bits per heavy atom. The van der Waals surface area contributed by atoms with Gasteiger partial charge in [0.15, 0.2) is 5.13 Å². The first-order valence-corrected chi connectivity index (χ1v) is 17.8. The minimum Gasteiger partial charge on any atom is -0.377 e. The molecule has 1 atom stereocenters. The molecule has 2 fully saturated rings. The molecule has 14 nitrogen and oxygen atoms in total. The zero-order valence-electron chi connectivity index (χ0n) is 27.7. The van der Waals surface area contributed by atoms with Crippen molar-refractivity contribution in [2.45, 2.75) is 64.0 Å². The number of nitrogens with one attached hydrogen (secondary N) is 4. The number of benzene rings is 1. The molecule has 0 radical (unpaired) electrons. The highest BCUT2D eigenvalue weighted by Gasteiger charge is 2.41. The van der Waals surface area contributed by atoms with Crippen LogP contribution in [-0.2, 0) is 41.6 Å². The van der Waals surface area contributed by atoms with E-state index in [1.807, 2.05) is 23.6 Å². The number of carbonyl (C=O) groups is 5. The molecular weight excluding hydrogens is 662 g/mol. The Kier molecular flexibility index (Phi) is 11.5. The minimum absolute atomic E-state index is 0.0168. The second-order valence-corrected chi connectivity index (χ2v) is 13.6. The molecule has 1 saturated heterocycles. The number of nitrogens with zero attached hydrogens (tertiary/aromatic N) is 3. The molecule has 3 aliphatic rings. The number of thiazole rings is 1. The van der Waals surface area contributed by atoms with Gasteiger partial charge >= 0.3 is 0 Å². The molecule has 0 bridgehead atoms. The van der Waals surface area contributed by atoms with Crippen LogP contribution < -0.4 is 21.3 Å². The van der Waals surface area contributed by atoms with Crippen LogP contribution in [0.2, 0.25) is 0 Å². The molecule has 1 aromatic carbocycles. The maximum atomic E-state index is 13.5. The Bertz CT molecular complexity index is 1710. The van der Waals surface area contributed by atoms with E-state index in [1.54, 1.807) is 24.4 Å². The van der Waals surface area contributed by atoms with Crippen LogP contribution in [0.4, 0.5) is 16.6 Å². The fourth-order valence-corrected chi connectivity index (χ4v) is 7.34. The molecule has 15 heteroatoms. The third-order valence-corrected chi connectivity index (χ3v) is 9.97. The predicted octanol–water partition coefficient (Wildman–Crippen LogP) is 3.32. The number of carbonyl (C=O) groups excluding carboxylic acids is 5. The van der Waals surface area contributed by atoms with E-state index in [0.29, 0.717) is 42.2 Å². The van der Waals surface area contributed by atoms with E-state index >= 15 is 0 Å². The lowest BCUT2D eigenvalue weighted by Crippen LogP contribution is -2.52. The third-order valence-electron chi connectivity index (χ3n) is 9.28. The Morgan fingerprint density at radius 1 is 1.02 bits per heavy atom. The van der Waals surface area contributed by atoms with Gasteiger partial charge in [-0.05, 0) is 43.5 Å². The summed E-state index contributed by atoms with van der Waals surface area (Å²) in [5.74, 6) is -0.827. The van der Waals surface area contributed by atoms with Gasteiger partial charge < -0.3 is 30.3 Å². The molecule has 2 aliphatic heterocycles. The van der Waals surface area contributed by atoms with Gasteiger partial charge in [0.05, 0.1) is 25.2 Å². The first-order chi connectivity index (χ1) is 24.3. The Hall–Kier alpha value is -4.73. The van der Waals surface area contributed by atoms with Gasteiger partial charge in [-0.2, -0.15) is 0 Å². The van der Waals surface area contributed by atoms with Gasteiger partial charge in [-0.3, -0.25) is 29.3 Å². The topological polar surface area (TPSA) is 181 Å². The summed E-state index contributed by atoms with van der Waals surface area (Å²) in [6.07, 6.45) is 7.44. The van der Waals surface area contributed by atoms with Crippen molar-refractivity contribution in [2.75, 3.05) is 43.6 Å². The average Bonchev–Trinajstić information content (AvgIpc) is 3.74. The number of pyridine rings is 1. The van der Waals surface area contributed by atoms with Crippen LogP contribution in [-0.4, -0.2) is 83.4 Å². The quantitative estimate of drug-likeness (QED) is 0.135. The van der Waals surface area contributed by atoms with Crippen molar-refractivity contribution < 1.29 is 33.4 Å². The largest absolute Gasteiger partial charge is 0.377 e. The Labute approximate surface area is 293 Å². The van der Waals surface area contributed by atoms with Crippen molar-refractivity contribution in [3.63, 3.8) is 0 Å². The van der Waals surface area contributed by atoms with E-state index < -0.39 is 23.3 Å². The summed E-state index contributed by atoms with van der Waals surface area (Å²) in [4.78, 5) is 73.5. The van der Waals surface area contributed by atoms with Crippen LogP contribution in [0.5, 0.6) is 0 Å². The molecule has 2 aromatic heterocycles. The third kappa shape index (κ3) is 8.52. The van der Waals surface area contributed by atoms with Gasteiger partial charge in [-0.15, -0.1) is 11.3 Å². The maximum Gasteiger partial charge on any atom is 0.255 e. The van der Waals surface area contributed by atoms with Gasteiger partial charge in [0.25, 0.3) is 5.91 Å². The van der Waals surface area contributed by atoms with Crippen molar-refractivity contribution in [3.05, 3.63) is 64.8 Å². The van der Waals surface area contributed by atoms with E-state index in [4.69, 9.17) is 14.5 Å². The SMILES string of the molecule is O=C1CCC(N2Cc3c(NC(=O)COCCOCCNC(=O)C4(Cc5cccc(Nc6nccs6)n5)CCCCC4)cccc3C2=O)C(=O)N1. The molecule has 3 aromatic rings. The zero-order chi connectivity index (χ0) is 34.9. The van der Waals surface area contributed by atoms with Crippen LogP contribution in [0, 0.1) is 5.41 Å². The maximum absolute atomic E-state index is 13.5. The van der Waals surface area contributed by atoms with Crippen molar-refractivity contribution in [3.8, 4) is 0 Å². The number of hydrogen-bond donors (Lipinski definition) is 4. The molecule has 1 unspecified atom stereocenters. The average molecular weight is 704 g/mol. The highest BCUT2D eigenvalue weighted by molar-refractivity contribution is 7.13. The summed E-state index contributed by atoms with van der Waals surface area (Å²) in [6.45, 7) is 1.01. The molecule has 1 aliphatic carbocycles. The van der Waals surface area contributed by atoms with Gasteiger partial charge in [0.1, 0.15) is 18.5 Å². The predicted molar refractivity (Wildman–Crippen MR) is 185 cm³/mol. The summed E-state index contributed by atoms with van der Waals surface area (Å²) >= 11 is 1.50. The summed E-state index contributed by atoms with van der Waals surface area (Å²) in [6, 6.07) is 10.1. The first-order valence-electron chi connectivity index (χ1n) is 16.9. The summed E-state index contributed by atoms with van der Waals surface area (Å²) in [5, 5.41) is 14.0. The summed E-state index contributed by atoms with van der Waals surface area (Å²) in [5.41, 5.74) is 1.84. The smallest absolute Gasteiger partial charge is 0.255 e. The van der Waals surface area contributed by atoms with E-state index in [1.165, 1.54) is 16.2 Å². The minimum atomic E-state index is -0.737. The zero-order valence-corrected chi connectivity index (χ0v) is 28.5. The second kappa shape index (κ2) is 16.3. The van der Waals surface area contributed by atoms with Crippen molar-refractivity contribution in [1.29, 1.82) is 0 Å². The number of piperidine rings is 1. The fraction of sp³-hybridized carbons (Fsp3) is 0.457. The Balaban J connectivity index is 0.900. The Morgan fingerprint density at radius 2 is 1.84 bits per heavy atom. The van der Waals surface area contributed by atoms with Gasteiger partial charge in [0, 0.05) is 60.0 Å². The van der Waals surface area contributed by atoms with Crippen molar-refractivity contribution in [2.24, 2.45) is 5.41 Å². The number of amides is 5. The summed E-state index contributed by atoms with van der Waals surface area (Å²) < 4.78 is 11.1. The van der Waals surface area contributed by atoms with Gasteiger partial charge in [0.2, 0.25) is 23.6 Å². The van der Waals surface area contributed by atoms with Crippen molar-refractivity contribution >= 4 is 57.5 Å². The van der Waals surface area contributed by atoms with Crippen LogP contribution in [0.25, 0.3) is 0 Å². The number of aromatic nitrogens is 2. The lowest BCUT2D eigenvalue weighted by molar-refractivity contribution is -0.137. The van der Waals surface area contributed by atoms with Crippen LogP contribution in [0.15, 0.2) is 48.0 Å².